The van der Waals surface area contributed by atoms with Gasteiger partial charge in [0, 0.05) is 10.7 Å². The summed E-state index contributed by atoms with van der Waals surface area (Å²) in [5.74, 6) is -0.757. The number of nitriles is 1. The molecule has 2 aromatic rings. The van der Waals surface area contributed by atoms with Crippen LogP contribution in [0, 0.1) is 11.3 Å². The van der Waals surface area contributed by atoms with E-state index in [4.69, 9.17) is 22.6 Å². The third kappa shape index (κ3) is 2.82. The van der Waals surface area contributed by atoms with Crippen LogP contribution in [0.25, 0.3) is 0 Å². The highest BCUT2D eigenvalue weighted by molar-refractivity contribution is 6.31. The molecule has 20 heavy (non-hydrogen) atoms. The van der Waals surface area contributed by atoms with Gasteiger partial charge >= 0.3 is 0 Å². The molecule has 5 nitrogen and oxygen atoms in total. The normalized spacial score (nSPS) is 9.80. The Kier molecular flexibility index (Phi) is 3.78. The number of amides is 1. The lowest BCUT2D eigenvalue weighted by molar-refractivity contribution is 0.102. The van der Waals surface area contributed by atoms with Gasteiger partial charge in [-0.2, -0.15) is 5.26 Å². The summed E-state index contributed by atoms with van der Waals surface area (Å²) >= 11 is 5.78. The van der Waals surface area contributed by atoms with Crippen LogP contribution >= 0.6 is 11.6 Å². The Bertz CT molecular complexity index is 723. The Morgan fingerprint density at radius 1 is 1.30 bits per heavy atom. The number of carbonyl (C=O) groups is 1. The molecule has 0 bridgehead atoms. The van der Waals surface area contributed by atoms with E-state index in [1.807, 2.05) is 6.07 Å². The van der Waals surface area contributed by atoms with Crippen molar-refractivity contribution in [2.24, 2.45) is 0 Å². The standard InChI is InChI=1S/C14H10ClN3O2/c15-9-1-4-13(19)11(6-9)14(20)18-12-3-2-10(17)5-8(12)7-16/h1-6,19H,17H2,(H,18,20). The fourth-order valence-electron chi connectivity index (χ4n) is 1.64. The van der Waals surface area contributed by atoms with Crippen molar-refractivity contribution in [3.63, 3.8) is 0 Å². The number of hydrogen-bond donors (Lipinski definition) is 3. The molecule has 0 saturated heterocycles. The van der Waals surface area contributed by atoms with Crippen LogP contribution in [0.15, 0.2) is 36.4 Å². The lowest BCUT2D eigenvalue weighted by atomic mass is 10.1. The third-order valence-corrected chi connectivity index (χ3v) is 2.85. The summed E-state index contributed by atoms with van der Waals surface area (Å²) in [6.45, 7) is 0. The van der Waals surface area contributed by atoms with Gasteiger partial charge in [-0.25, -0.2) is 0 Å². The minimum atomic E-state index is -0.564. The minimum absolute atomic E-state index is 0.0261. The molecule has 0 aliphatic heterocycles. The second-order valence-corrected chi connectivity index (χ2v) is 4.47. The van der Waals surface area contributed by atoms with Crippen molar-refractivity contribution in [2.45, 2.75) is 0 Å². The molecule has 2 rings (SSSR count). The van der Waals surface area contributed by atoms with Crippen LogP contribution in [-0.2, 0) is 0 Å². The number of nitrogen functional groups attached to an aromatic ring is 1. The topological polar surface area (TPSA) is 99.1 Å². The fraction of sp³-hybridized carbons (Fsp3) is 0. The summed E-state index contributed by atoms with van der Waals surface area (Å²) in [5, 5.41) is 21.5. The Morgan fingerprint density at radius 3 is 2.75 bits per heavy atom. The second kappa shape index (κ2) is 5.51. The van der Waals surface area contributed by atoms with Gasteiger partial charge in [0.1, 0.15) is 11.8 Å². The lowest BCUT2D eigenvalue weighted by Crippen LogP contribution is -2.13. The molecule has 0 heterocycles. The van der Waals surface area contributed by atoms with Gasteiger partial charge in [-0.15, -0.1) is 0 Å². The molecular formula is C14H10ClN3O2. The highest BCUT2D eigenvalue weighted by Crippen LogP contribution is 2.24. The molecule has 0 saturated carbocycles. The molecule has 0 atom stereocenters. The zero-order valence-electron chi connectivity index (χ0n) is 10.2. The quantitative estimate of drug-likeness (QED) is 0.739. The van der Waals surface area contributed by atoms with Crippen LogP contribution in [0.3, 0.4) is 0 Å². The first kappa shape index (κ1) is 13.7. The number of phenols is 1. The largest absolute Gasteiger partial charge is 0.507 e. The maximum absolute atomic E-state index is 12.1. The molecule has 0 aliphatic carbocycles. The van der Waals surface area contributed by atoms with E-state index in [0.29, 0.717) is 16.4 Å². The summed E-state index contributed by atoms with van der Waals surface area (Å²) in [6.07, 6.45) is 0. The fourth-order valence-corrected chi connectivity index (χ4v) is 1.82. The van der Waals surface area contributed by atoms with E-state index in [1.54, 1.807) is 6.07 Å². The predicted molar refractivity (Wildman–Crippen MR) is 76.6 cm³/mol. The zero-order chi connectivity index (χ0) is 14.7. The number of rotatable bonds is 2. The number of benzene rings is 2. The van der Waals surface area contributed by atoms with E-state index in [9.17, 15) is 9.90 Å². The molecule has 6 heteroatoms. The van der Waals surface area contributed by atoms with Crippen LogP contribution in [0.4, 0.5) is 11.4 Å². The Balaban J connectivity index is 2.33. The summed E-state index contributed by atoms with van der Waals surface area (Å²) in [5.41, 5.74) is 6.56. The maximum Gasteiger partial charge on any atom is 0.259 e. The molecule has 0 fully saturated rings. The van der Waals surface area contributed by atoms with E-state index in [1.165, 1.54) is 30.3 Å². The first-order chi connectivity index (χ1) is 9.51. The number of nitrogens with zero attached hydrogens (tertiary/aromatic N) is 1. The van der Waals surface area contributed by atoms with Crippen molar-refractivity contribution in [1.29, 1.82) is 5.26 Å². The highest BCUT2D eigenvalue weighted by Gasteiger charge is 2.13. The molecule has 0 aliphatic rings. The molecule has 0 radical (unpaired) electrons. The first-order valence-corrected chi connectivity index (χ1v) is 5.98. The Morgan fingerprint density at radius 2 is 2.05 bits per heavy atom. The van der Waals surface area contributed by atoms with Gasteiger partial charge in [-0.1, -0.05) is 11.6 Å². The molecular weight excluding hydrogens is 278 g/mol. The molecule has 0 aromatic heterocycles. The van der Waals surface area contributed by atoms with Gasteiger partial charge in [0.2, 0.25) is 0 Å². The maximum atomic E-state index is 12.1. The van der Waals surface area contributed by atoms with E-state index >= 15 is 0 Å². The average molecular weight is 288 g/mol. The number of aromatic hydroxyl groups is 1. The van der Waals surface area contributed by atoms with Crippen molar-refractivity contribution < 1.29 is 9.90 Å². The predicted octanol–water partition coefficient (Wildman–Crippen LogP) is 2.75. The first-order valence-electron chi connectivity index (χ1n) is 5.61. The number of carbonyl (C=O) groups excluding carboxylic acids is 1. The van der Waals surface area contributed by atoms with Crippen molar-refractivity contribution in [1.82, 2.24) is 0 Å². The number of nitrogens with one attached hydrogen (secondary N) is 1. The van der Waals surface area contributed by atoms with Gasteiger partial charge in [0.05, 0.1) is 16.8 Å². The molecule has 2 aromatic carbocycles. The SMILES string of the molecule is N#Cc1cc(N)ccc1NC(=O)c1cc(Cl)ccc1O. The van der Waals surface area contributed by atoms with E-state index in [2.05, 4.69) is 5.32 Å². The van der Waals surface area contributed by atoms with E-state index in [0.717, 1.165) is 0 Å². The molecule has 0 spiro atoms. The van der Waals surface area contributed by atoms with Gasteiger partial charge in [-0.3, -0.25) is 4.79 Å². The number of hydrogen-bond acceptors (Lipinski definition) is 4. The third-order valence-electron chi connectivity index (χ3n) is 2.62. The van der Waals surface area contributed by atoms with E-state index in [-0.39, 0.29) is 16.9 Å². The summed E-state index contributed by atoms with van der Waals surface area (Å²) in [7, 11) is 0. The van der Waals surface area contributed by atoms with Crippen LogP contribution < -0.4 is 11.1 Å². The zero-order valence-corrected chi connectivity index (χ0v) is 11.0. The smallest absolute Gasteiger partial charge is 0.259 e. The molecule has 4 N–H and O–H groups in total. The lowest BCUT2D eigenvalue weighted by Gasteiger charge is -2.09. The van der Waals surface area contributed by atoms with Gasteiger partial charge in [-0.05, 0) is 36.4 Å². The van der Waals surface area contributed by atoms with Crippen LogP contribution in [0.1, 0.15) is 15.9 Å². The summed E-state index contributed by atoms with van der Waals surface area (Å²) < 4.78 is 0. The van der Waals surface area contributed by atoms with Crippen molar-refractivity contribution in [3.8, 4) is 11.8 Å². The van der Waals surface area contributed by atoms with E-state index < -0.39 is 5.91 Å². The summed E-state index contributed by atoms with van der Waals surface area (Å²) in [6, 6.07) is 10.6. The number of halogens is 1. The van der Waals surface area contributed by atoms with Crippen molar-refractivity contribution >= 4 is 28.9 Å². The van der Waals surface area contributed by atoms with Crippen LogP contribution in [0.5, 0.6) is 5.75 Å². The molecule has 0 unspecified atom stereocenters. The van der Waals surface area contributed by atoms with Gasteiger partial charge in [0.15, 0.2) is 0 Å². The van der Waals surface area contributed by atoms with Gasteiger partial charge < -0.3 is 16.2 Å². The number of nitrogens with two attached hydrogens (primary N) is 1. The Labute approximate surface area is 120 Å². The summed E-state index contributed by atoms with van der Waals surface area (Å²) in [4.78, 5) is 12.1. The minimum Gasteiger partial charge on any atom is -0.507 e. The average Bonchev–Trinajstić information content (AvgIpc) is 2.43. The highest BCUT2D eigenvalue weighted by atomic mass is 35.5. The van der Waals surface area contributed by atoms with Crippen LogP contribution in [0.2, 0.25) is 5.02 Å². The van der Waals surface area contributed by atoms with Gasteiger partial charge in [0.25, 0.3) is 5.91 Å². The number of anilines is 2. The van der Waals surface area contributed by atoms with Crippen molar-refractivity contribution in [2.75, 3.05) is 11.1 Å². The molecule has 100 valence electrons. The van der Waals surface area contributed by atoms with Crippen molar-refractivity contribution in [3.05, 3.63) is 52.5 Å². The molecule has 1 amide bonds. The van der Waals surface area contributed by atoms with Crippen LogP contribution in [-0.4, -0.2) is 11.0 Å². The number of phenolic OH excluding ortho intramolecular Hbond substituents is 1. The second-order valence-electron chi connectivity index (χ2n) is 4.03. The monoisotopic (exact) mass is 287 g/mol. The Hall–Kier alpha value is -2.71.